The molecule has 1 unspecified atom stereocenters. The zero-order valence-electron chi connectivity index (χ0n) is 15.3. The van der Waals surface area contributed by atoms with Gasteiger partial charge in [0.15, 0.2) is 11.5 Å². The maximum Gasteiger partial charge on any atom is 0.231 e. The van der Waals surface area contributed by atoms with E-state index in [1.807, 2.05) is 11.0 Å². The molecule has 2 heterocycles. The summed E-state index contributed by atoms with van der Waals surface area (Å²) in [5.74, 6) is 1.92. The fraction of sp³-hybridized carbons (Fsp3) is 0.632. The van der Waals surface area contributed by atoms with E-state index in [4.69, 9.17) is 9.47 Å². The number of nitrogens with one attached hydrogen (secondary N) is 1. The lowest BCUT2D eigenvalue weighted by atomic mass is 10.1. The first-order valence-electron chi connectivity index (χ1n) is 9.27. The number of amides is 1. The summed E-state index contributed by atoms with van der Waals surface area (Å²) in [4.78, 5) is 16.7. The lowest BCUT2D eigenvalue weighted by Gasteiger charge is -2.35. The highest BCUT2D eigenvalue weighted by atomic mass is 16.7. The summed E-state index contributed by atoms with van der Waals surface area (Å²) < 4.78 is 10.8. The van der Waals surface area contributed by atoms with E-state index in [2.05, 4.69) is 36.2 Å². The monoisotopic (exact) mass is 347 g/mol. The molecule has 2 aliphatic rings. The van der Waals surface area contributed by atoms with Gasteiger partial charge in [0.25, 0.3) is 0 Å². The van der Waals surface area contributed by atoms with Crippen molar-refractivity contribution in [1.29, 1.82) is 0 Å². The molecule has 25 heavy (non-hydrogen) atoms. The molecule has 6 heteroatoms. The molecule has 3 rings (SSSR count). The van der Waals surface area contributed by atoms with Crippen molar-refractivity contribution >= 4 is 5.91 Å². The number of hydrogen-bond donors (Lipinski definition) is 1. The largest absolute Gasteiger partial charge is 0.454 e. The van der Waals surface area contributed by atoms with Crippen LogP contribution in [0.15, 0.2) is 18.2 Å². The summed E-state index contributed by atoms with van der Waals surface area (Å²) in [5, 5.41) is 3.38. The Morgan fingerprint density at radius 2 is 1.96 bits per heavy atom. The maximum atomic E-state index is 12.3. The Balaban J connectivity index is 1.40. The summed E-state index contributed by atoms with van der Waals surface area (Å²) >= 11 is 0. The van der Waals surface area contributed by atoms with Crippen LogP contribution in [0.2, 0.25) is 0 Å². The normalized spacial score (nSPS) is 18.4. The van der Waals surface area contributed by atoms with Gasteiger partial charge in [-0.3, -0.25) is 9.69 Å². The van der Waals surface area contributed by atoms with Crippen molar-refractivity contribution in [3.8, 4) is 11.5 Å². The molecule has 1 aromatic carbocycles. The molecule has 0 radical (unpaired) electrons. The molecule has 2 aliphatic heterocycles. The molecule has 0 bridgehead atoms. The van der Waals surface area contributed by atoms with E-state index < -0.39 is 0 Å². The Bertz CT molecular complexity index is 585. The van der Waals surface area contributed by atoms with Crippen LogP contribution in [-0.4, -0.2) is 61.3 Å². The van der Waals surface area contributed by atoms with Crippen molar-refractivity contribution in [3.63, 3.8) is 0 Å². The van der Waals surface area contributed by atoms with Crippen LogP contribution in [0.5, 0.6) is 11.5 Å². The summed E-state index contributed by atoms with van der Waals surface area (Å²) in [6.45, 7) is 9.72. The number of fused-ring (bicyclic) bond motifs is 1. The number of hydrogen-bond acceptors (Lipinski definition) is 5. The van der Waals surface area contributed by atoms with E-state index in [1.165, 1.54) is 5.56 Å². The van der Waals surface area contributed by atoms with Crippen LogP contribution < -0.4 is 14.8 Å². The summed E-state index contributed by atoms with van der Waals surface area (Å²) in [6, 6.07) is 6.60. The van der Waals surface area contributed by atoms with Gasteiger partial charge in [-0.1, -0.05) is 13.0 Å². The minimum atomic E-state index is 0.263. The minimum Gasteiger partial charge on any atom is -0.454 e. The molecule has 0 aromatic heterocycles. The standard InChI is InChI=1S/C19H29N3O3/c1-3-15(2)20-7-6-19(23)22-10-8-21(9-11-22)13-16-4-5-17-18(12-16)25-14-24-17/h4-5,12,15,20H,3,6-11,13-14H2,1-2H3. The predicted molar refractivity (Wildman–Crippen MR) is 96.8 cm³/mol. The van der Waals surface area contributed by atoms with Crippen LogP contribution in [0.1, 0.15) is 32.3 Å². The van der Waals surface area contributed by atoms with Crippen LogP contribution in [0.4, 0.5) is 0 Å². The zero-order valence-corrected chi connectivity index (χ0v) is 15.3. The number of nitrogens with zero attached hydrogens (tertiary/aromatic N) is 2. The Morgan fingerprint density at radius 3 is 2.72 bits per heavy atom. The van der Waals surface area contributed by atoms with Gasteiger partial charge in [0.2, 0.25) is 12.7 Å². The second-order valence-corrected chi connectivity index (χ2v) is 6.86. The Kier molecular flexibility index (Phi) is 6.15. The second-order valence-electron chi connectivity index (χ2n) is 6.86. The predicted octanol–water partition coefficient (Wildman–Crippen LogP) is 1.84. The Morgan fingerprint density at radius 1 is 1.20 bits per heavy atom. The van der Waals surface area contributed by atoms with Crippen molar-refractivity contribution in [3.05, 3.63) is 23.8 Å². The highest BCUT2D eigenvalue weighted by molar-refractivity contribution is 5.76. The molecule has 1 amide bonds. The lowest BCUT2D eigenvalue weighted by molar-refractivity contribution is -0.132. The first-order valence-corrected chi connectivity index (χ1v) is 9.27. The molecule has 0 aliphatic carbocycles. The van der Waals surface area contributed by atoms with Crippen molar-refractivity contribution in [2.75, 3.05) is 39.5 Å². The number of carbonyl (C=O) groups is 1. The van der Waals surface area contributed by atoms with Crippen molar-refractivity contribution < 1.29 is 14.3 Å². The van der Waals surface area contributed by atoms with Gasteiger partial charge in [-0.2, -0.15) is 0 Å². The van der Waals surface area contributed by atoms with Gasteiger partial charge < -0.3 is 19.7 Å². The average Bonchev–Trinajstić information content (AvgIpc) is 3.10. The number of carbonyl (C=O) groups excluding carboxylic acids is 1. The van der Waals surface area contributed by atoms with Gasteiger partial charge in [0, 0.05) is 51.7 Å². The Hall–Kier alpha value is -1.79. The van der Waals surface area contributed by atoms with Gasteiger partial charge in [-0.05, 0) is 31.0 Å². The number of ether oxygens (including phenoxy) is 2. The van der Waals surface area contributed by atoms with Crippen LogP contribution in [0.25, 0.3) is 0 Å². The molecule has 0 spiro atoms. The molecule has 0 saturated carbocycles. The highest BCUT2D eigenvalue weighted by Crippen LogP contribution is 2.32. The third-order valence-electron chi connectivity index (χ3n) is 5.01. The number of benzene rings is 1. The first-order chi connectivity index (χ1) is 12.2. The summed E-state index contributed by atoms with van der Waals surface area (Å²) in [7, 11) is 0. The molecule has 1 N–H and O–H groups in total. The number of piperazine rings is 1. The molecule has 1 aromatic rings. The van der Waals surface area contributed by atoms with Gasteiger partial charge in [0.1, 0.15) is 0 Å². The zero-order chi connectivity index (χ0) is 17.6. The molecule has 138 valence electrons. The van der Waals surface area contributed by atoms with Gasteiger partial charge in [0.05, 0.1) is 0 Å². The van der Waals surface area contributed by atoms with Gasteiger partial charge in [-0.15, -0.1) is 0 Å². The summed E-state index contributed by atoms with van der Waals surface area (Å²) in [6.07, 6.45) is 1.68. The summed E-state index contributed by atoms with van der Waals surface area (Å²) in [5.41, 5.74) is 1.22. The first kappa shape index (κ1) is 18.0. The molecule has 1 saturated heterocycles. The van der Waals surface area contributed by atoms with Crippen LogP contribution >= 0.6 is 0 Å². The van der Waals surface area contributed by atoms with E-state index in [1.54, 1.807) is 0 Å². The van der Waals surface area contributed by atoms with Crippen LogP contribution in [0.3, 0.4) is 0 Å². The fourth-order valence-electron chi connectivity index (χ4n) is 3.18. The maximum absolute atomic E-state index is 12.3. The van der Waals surface area contributed by atoms with E-state index in [9.17, 15) is 4.79 Å². The lowest BCUT2D eigenvalue weighted by Crippen LogP contribution is -2.48. The smallest absolute Gasteiger partial charge is 0.231 e. The average molecular weight is 347 g/mol. The van der Waals surface area contributed by atoms with E-state index in [0.717, 1.165) is 57.2 Å². The van der Waals surface area contributed by atoms with Crippen LogP contribution in [0, 0.1) is 0 Å². The van der Waals surface area contributed by atoms with E-state index in [-0.39, 0.29) is 5.91 Å². The molecule has 1 atom stereocenters. The van der Waals surface area contributed by atoms with E-state index in [0.29, 0.717) is 19.3 Å². The second kappa shape index (κ2) is 8.54. The van der Waals surface area contributed by atoms with Crippen molar-refractivity contribution in [2.45, 2.75) is 39.3 Å². The van der Waals surface area contributed by atoms with E-state index >= 15 is 0 Å². The number of rotatable bonds is 7. The van der Waals surface area contributed by atoms with Crippen LogP contribution in [-0.2, 0) is 11.3 Å². The topological polar surface area (TPSA) is 54.0 Å². The van der Waals surface area contributed by atoms with Gasteiger partial charge in [-0.25, -0.2) is 0 Å². The molecule has 6 nitrogen and oxygen atoms in total. The van der Waals surface area contributed by atoms with Crippen molar-refractivity contribution in [2.24, 2.45) is 0 Å². The third-order valence-corrected chi connectivity index (χ3v) is 5.01. The van der Waals surface area contributed by atoms with Gasteiger partial charge >= 0.3 is 0 Å². The quantitative estimate of drug-likeness (QED) is 0.816. The molecular formula is C19H29N3O3. The third kappa shape index (κ3) is 4.86. The SMILES string of the molecule is CCC(C)NCCC(=O)N1CCN(Cc2ccc3c(c2)OCO3)CC1. The molecule has 1 fully saturated rings. The molecular weight excluding hydrogens is 318 g/mol. The Labute approximate surface area is 150 Å². The fourth-order valence-corrected chi connectivity index (χ4v) is 3.18. The minimum absolute atomic E-state index is 0.263. The highest BCUT2D eigenvalue weighted by Gasteiger charge is 2.21. The van der Waals surface area contributed by atoms with Crippen molar-refractivity contribution in [1.82, 2.24) is 15.1 Å².